The molecule has 120 valence electrons. The van der Waals surface area contributed by atoms with Crippen LogP contribution in [0, 0.1) is 5.92 Å². The van der Waals surface area contributed by atoms with E-state index >= 15 is 0 Å². The normalized spacial score (nSPS) is 23.5. The second-order valence-corrected chi connectivity index (χ2v) is 6.52. The quantitative estimate of drug-likeness (QED) is 0.768. The molecule has 0 spiro atoms. The van der Waals surface area contributed by atoms with Crippen molar-refractivity contribution >= 4 is 10.9 Å². The van der Waals surface area contributed by atoms with Gasteiger partial charge in [-0.25, -0.2) is 0 Å². The molecule has 1 aromatic heterocycles. The first-order chi connectivity index (χ1) is 10.7. The minimum atomic E-state index is -0.478. The Kier molecular flexibility index (Phi) is 5.01. The number of aromatic nitrogens is 1. The van der Waals surface area contributed by atoms with Crippen molar-refractivity contribution in [2.24, 2.45) is 5.92 Å². The molecule has 1 unspecified atom stereocenters. The van der Waals surface area contributed by atoms with Crippen LogP contribution in [0.5, 0.6) is 5.75 Å². The lowest BCUT2D eigenvalue weighted by atomic mass is 9.87. The highest BCUT2D eigenvalue weighted by molar-refractivity contribution is 5.85. The third kappa shape index (κ3) is 3.81. The van der Waals surface area contributed by atoms with Gasteiger partial charge in [0.15, 0.2) is 0 Å². The number of hydrogen-bond donors (Lipinski definition) is 3. The van der Waals surface area contributed by atoms with Gasteiger partial charge in [0.05, 0.1) is 0 Å². The van der Waals surface area contributed by atoms with Gasteiger partial charge in [-0.2, -0.15) is 0 Å². The highest BCUT2D eigenvalue weighted by atomic mass is 16.5. The Morgan fingerprint density at radius 2 is 2.09 bits per heavy atom. The van der Waals surface area contributed by atoms with Crippen LogP contribution in [0.4, 0.5) is 0 Å². The molecule has 3 N–H and O–H groups in total. The third-order valence-corrected chi connectivity index (χ3v) is 4.64. The molecular weight excluding hydrogens is 276 g/mol. The fourth-order valence-corrected chi connectivity index (χ4v) is 3.19. The Balaban J connectivity index is 1.44. The summed E-state index contributed by atoms with van der Waals surface area (Å²) in [6.45, 7) is 3.24. The first-order valence-corrected chi connectivity index (χ1v) is 8.32. The Bertz CT molecular complexity index is 588. The van der Waals surface area contributed by atoms with E-state index in [9.17, 15) is 5.11 Å². The maximum Gasteiger partial charge on any atom is 0.128 e. The number of benzene rings is 1. The summed E-state index contributed by atoms with van der Waals surface area (Å²) in [6, 6.07) is 8.47. The molecule has 1 aliphatic carbocycles. The Morgan fingerprint density at radius 1 is 1.27 bits per heavy atom. The molecule has 1 fully saturated rings. The van der Waals surface area contributed by atoms with Crippen molar-refractivity contribution < 1.29 is 9.84 Å². The van der Waals surface area contributed by atoms with Crippen LogP contribution in [0.3, 0.4) is 0 Å². The summed E-state index contributed by atoms with van der Waals surface area (Å²) in [5.74, 6) is 1.68. The predicted molar refractivity (Wildman–Crippen MR) is 89.2 cm³/mol. The molecule has 4 nitrogen and oxygen atoms in total. The molecule has 0 aliphatic heterocycles. The molecule has 0 saturated heterocycles. The molecule has 3 rings (SSSR count). The summed E-state index contributed by atoms with van der Waals surface area (Å²) in [4.78, 5) is 3.16. The fraction of sp³-hybridized carbons (Fsp3) is 0.556. The maximum atomic E-state index is 10.1. The van der Waals surface area contributed by atoms with Gasteiger partial charge in [0.1, 0.15) is 18.5 Å². The van der Waals surface area contributed by atoms with Gasteiger partial charge < -0.3 is 20.1 Å². The van der Waals surface area contributed by atoms with Gasteiger partial charge in [0.25, 0.3) is 0 Å². The molecule has 1 atom stereocenters. The number of H-pyrrole nitrogens is 1. The summed E-state index contributed by atoms with van der Waals surface area (Å²) in [6.07, 6.45) is 6.45. The second-order valence-electron chi connectivity index (χ2n) is 6.52. The number of ether oxygens (including phenoxy) is 1. The summed E-state index contributed by atoms with van der Waals surface area (Å²) in [5, 5.41) is 14.7. The average molecular weight is 302 g/mol. The zero-order chi connectivity index (χ0) is 15.4. The van der Waals surface area contributed by atoms with Crippen molar-refractivity contribution in [1.82, 2.24) is 10.3 Å². The van der Waals surface area contributed by atoms with Crippen LogP contribution in [0.1, 0.15) is 32.6 Å². The molecular formula is C18H26N2O2. The van der Waals surface area contributed by atoms with Crippen LogP contribution in [-0.4, -0.2) is 35.4 Å². The molecule has 22 heavy (non-hydrogen) atoms. The summed E-state index contributed by atoms with van der Waals surface area (Å²) in [7, 11) is 0. The second kappa shape index (κ2) is 7.16. The fourth-order valence-electron chi connectivity index (χ4n) is 3.19. The topological polar surface area (TPSA) is 57.3 Å². The molecule has 0 amide bonds. The smallest absolute Gasteiger partial charge is 0.128 e. The number of rotatable bonds is 6. The Labute approximate surface area is 131 Å². The maximum absolute atomic E-state index is 10.1. The van der Waals surface area contributed by atoms with Crippen LogP contribution in [-0.2, 0) is 0 Å². The van der Waals surface area contributed by atoms with Crippen molar-refractivity contribution in [3.63, 3.8) is 0 Å². The van der Waals surface area contributed by atoms with Crippen LogP contribution < -0.4 is 10.1 Å². The van der Waals surface area contributed by atoms with Crippen LogP contribution in [0.15, 0.2) is 30.5 Å². The lowest BCUT2D eigenvalue weighted by Crippen LogP contribution is -2.39. The van der Waals surface area contributed by atoms with Gasteiger partial charge >= 0.3 is 0 Å². The van der Waals surface area contributed by atoms with Gasteiger partial charge in [0.2, 0.25) is 0 Å². The molecule has 0 bridgehead atoms. The van der Waals surface area contributed by atoms with Crippen molar-refractivity contribution in [1.29, 1.82) is 0 Å². The van der Waals surface area contributed by atoms with E-state index < -0.39 is 6.10 Å². The zero-order valence-corrected chi connectivity index (χ0v) is 13.2. The van der Waals surface area contributed by atoms with Crippen LogP contribution in [0.25, 0.3) is 10.9 Å². The van der Waals surface area contributed by atoms with Crippen molar-refractivity contribution in [2.45, 2.75) is 44.8 Å². The molecule has 1 heterocycles. The average Bonchev–Trinajstić information content (AvgIpc) is 3.01. The Morgan fingerprint density at radius 3 is 2.91 bits per heavy atom. The van der Waals surface area contributed by atoms with E-state index in [1.807, 2.05) is 30.5 Å². The molecule has 2 aromatic rings. The summed E-state index contributed by atoms with van der Waals surface area (Å²) in [5.41, 5.74) is 1.06. The monoisotopic (exact) mass is 302 g/mol. The van der Waals surface area contributed by atoms with Crippen molar-refractivity contribution in [3.05, 3.63) is 30.5 Å². The Hall–Kier alpha value is -1.52. The number of hydrogen-bond acceptors (Lipinski definition) is 3. The summed E-state index contributed by atoms with van der Waals surface area (Å²) < 4.78 is 5.79. The van der Waals surface area contributed by atoms with Crippen LogP contribution in [0.2, 0.25) is 0 Å². The van der Waals surface area contributed by atoms with E-state index in [1.165, 1.54) is 25.7 Å². The number of aliphatic hydroxyl groups is 1. The molecule has 0 radical (unpaired) electrons. The summed E-state index contributed by atoms with van der Waals surface area (Å²) >= 11 is 0. The lowest BCUT2D eigenvalue weighted by molar-refractivity contribution is 0.102. The highest BCUT2D eigenvalue weighted by Crippen LogP contribution is 2.25. The minimum Gasteiger partial charge on any atom is -0.490 e. The lowest BCUT2D eigenvalue weighted by Gasteiger charge is -2.27. The van der Waals surface area contributed by atoms with Crippen molar-refractivity contribution in [2.75, 3.05) is 13.2 Å². The third-order valence-electron chi connectivity index (χ3n) is 4.64. The predicted octanol–water partition coefficient (Wildman–Crippen LogP) is 3.08. The molecule has 1 aliphatic rings. The largest absolute Gasteiger partial charge is 0.490 e. The van der Waals surface area contributed by atoms with E-state index in [4.69, 9.17) is 4.74 Å². The van der Waals surface area contributed by atoms with E-state index in [1.54, 1.807) is 0 Å². The van der Waals surface area contributed by atoms with Gasteiger partial charge in [-0.05, 0) is 49.8 Å². The van der Waals surface area contributed by atoms with E-state index in [0.717, 1.165) is 22.6 Å². The zero-order valence-electron chi connectivity index (χ0n) is 13.2. The first-order valence-electron chi connectivity index (χ1n) is 8.32. The van der Waals surface area contributed by atoms with E-state index in [2.05, 4.69) is 17.2 Å². The number of aromatic amines is 1. The van der Waals surface area contributed by atoms with Crippen molar-refractivity contribution in [3.8, 4) is 5.75 Å². The van der Waals surface area contributed by atoms with E-state index in [0.29, 0.717) is 19.2 Å². The molecule has 1 saturated carbocycles. The van der Waals surface area contributed by atoms with Crippen LogP contribution >= 0.6 is 0 Å². The highest BCUT2D eigenvalue weighted by Gasteiger charge is 2.18. The van der Waals surface area contributed by atoms with Gasteiger partial charge in [-0.1, -0.05) is 13.0 Å². The standard InChI is InChI=1S/C18H26N2O2/c1-13-5-7-14(8-6-13)20-11-15(21)12-22-18-4-2-3-17-16(18)9-10-19-17/h2-4,9-10,13-15,19-21H,5-8,11-12H2,1H3. The number of nitrogens with one attached hydrogen (secondary N) is 2. The van der Waals surface area contributed by atoms with Gasteiger partial charge in [-0.3, -0.25) is 0 Å². The molecule has 4 heteroatoms. The molecule has 1 aromatic carbocycles. The SMILES string of the molecule is CC1CCC(NCC(O)COc2cccc3[nH]ccc23)CC1. The number of aliphatic hydroxyl groups excluding tert-OH is 1. The van der Waals surface area contributed by atoms with Gasteiger partial charge in [0, 0.05) is 29.7 Å². The minimum absolute atomic E-state index is 0.320. The van der Waals surface area contributed by atoms with E-state index in [-0.39, 0.29) is 0 Å². The number of fused-ring (bicyclic) bond motifs is 1. The van der Waals surface area contributed by atoms with Gasteiger partial charge in [-0.15, -0.1) is 0 Å². The first kappa shape index (κ1) is 15.4.